The summed E-state index contributed by atoms with van der Waals surface area (Å²) in [6.45, 7) is 10.6. The number of fused-ring (bicyclic) bond motifs is 1. The molecule has 0 saturated carbocycles. The Morgan fingerprint density at radius 3 is 1.09 bits per heavy atom. The van der Waals surface area contributed by atoms with Crippen LogP contribution in [0.25, 0.3) is 0 Å². The van der Waals surface area contributed by atoms with E-state index in [-0.39, 0.29) is 82.2 Å². The van der Waals surface area contributed by atoms with Crippen molar-refractivity contribution in [1.82, 2.24) is 0 Å². The van der Waals surface area contributed by atoms with Crippen molar-refractivity contribution < 1.29 is 109 Å². The highest BCUT2D eigenvalue weighted by Gasteiger charge is 2.58. The standard InChI is InChI=1S/C108H118O23SSi/c1-108(2,3)133(5,6)124-72-88-92(94(114-62-74-41-19-8-20-42-74)98(104(112-4)126-88)118-66-78-49-27-12-28-50-78)131-105-97(117-65-77-47-25-11-26-48-77)93(113-61-73-39-17-7-18-40-73)89(109)85(125-105)69-121-101(110)83-59-37-38-60-84(83)102(111)122-70-87-91(96(116-64-76-45-23-10-24-46-76)100(120-68-80-53-31-14-32-54-80)107(128-87)132-82-57-35-16-36-58-82)130-106-99(119-67-79-51-29-13-30-52-79)95(115-63-75-43-21-9-22-44-75)90-86(127-106)71-123-103(129-90)81-55-33-15-34-56-81/h7-60,85-100,103-107,109H,61-72H2,1-6H3/t85-,86-,87-,88-,89-,90-,91-,92-,93+,94+,95+,96+,97-,98-,99-,100-,103?,104+,105-,106-,107+/m1/s1. The van der Waals surface area contributed by atoms with Crippen molar-refractivity contribution in [2.75, 3.05) is 33.5 Å². The minimum Gasteiger partial charge on any atom is -0.459 e. The molecule has 21 atom stereocenters. The first-order valence-electron chi connectivity index (χ1n) is 45.5. The molecule has 0 radical (unpaired) electrons. The van der Waals surface area contributed by atoms with Gasteiger partial charge in [-0.2, -0.15) is 0 Å². The van der Waals surface area contributed by atoms with Gasteiger partial charge in [0.1, 0.15) is 116 Å². The van der Waals surface area contributed by atoms with Crippen LogP contribution in [0.4, 0.5) is 0 Å². The average Bonchev–Trinajstić information content (AvgIpc) is 0.759. The summed E-state index contributed by atoms with van der Waals surface area (Å²) < 4.78 is 141. The van der Waals surface area contributed by atoms with Gasteiger partial charge in [0, 0.05) is 17.6 Å². The Hall–Kier alpha value is -9.83. The maximum absolute atomic E-state index is 15.7. The molecular formula is C108H118O23SSi. The number of methoxy groups -OCH3 is 1. The molecule has 5 aliphatic heterocycles. The third-order valence-electron chi connectivity index (χ3n) is 24.8. The van der Waals surface area contributed by atoms with Crippen molar-refractivity contribution in [2.24, 2.45) is 0 Å². The highest BCUT2D eigenvalue weighted by Crippen LogP contribution is 2.45. The minimum atomic E-state index is -2.55. The smallest absolute Gasteiger partial charge is 0.339 e. The predicted octanol–water partition coefficient (Wildman–Crippen LogP) is 18.3. The highest BCUT2D eigenvalue weighted by atomic mass is 32.2. The van der Waals surface area contributed by atoms with Crippen molar-refractivity contribution in [1.29, 1.82) is 0 Å². The SMILES string of the molecule is CO[C@H]1O[C@H](CO[Si](C)(C)C(C)(C)C)[C@@H](O[C@H]2O[C@H](COC(=O)c3ccccc3C(=O)OC[C@H]3O[C@@H](Sc4ccccc4)[C@H](OCc4ccccc4)[C@@H](OCc4ccccc4)[C@@H]3O[C@H]3O[C@@H]4COC(c5ccccc5)O[C@H]4[C@H](OCc4ccccc4)[C@H]3OCc3ccccc3)[C@@H](O)[C@H](OCc3ccccc3)[C@H]2OCc2ccccc2)[C@H](OCc2ccccc2)[C@H]1OCc1ccccc1. The molecule has 5 aliphatic rings. The van der Waals surface area contributed by atoms with E-state index in [9.17, 15) is 5.11 Å². The van der Waals surface area contributed by atoms with Crippen molar-refractivity contribution >= 4 is 32.0 Å². The second kappa shape index (κ2) is 47.6. The summed E-state index contributed by atoms with van der Waals surface area (Å²) in [7, 11) is -0.989. The zero-order valence-corrected chi connectivity index (χ0v) is 77.4. The highest BCUT2D eigenvalue weighted by molar-refractivity contribution is 7.99. The van der Waals surface area contributed by atoms with Crippen molar-refractivity contribution in [3.8, 4) is 0 Å². The zero-order chi connectivity index (χ0) is 91.7. The number of hydrogen-bond acceptors (Lipinski definition) is 24. The molecule has 0 spiro atoms. The minimum absolute atomic E-state index is 0.00529. The lowest BCUT2D eigenvalue weighted by Crippen LogP contribution is -2.67. The van der Waals surface area contributed by atoms with Gasteiger partial charge in [0.25, 0.3) is 0 Å². The second-order valence-corrected chi connectivity index (χ2v) is 41.1. The molecular weight excluding hydrogens is 1730 g/mol. The Kier molecular flexibility index (Phi) is 34.4. The summed E-state index contributed by atoms with van der Waals surface area (Å²) in [6.07, 6.45) is -21.9. The van der Waals surface area contributed by atoms with E-state index >= 15 is 9.59 Å². The maximum atomic E-state index is 15.7. The lowest BCUT2D eigenvalue weighted by molar-refractivity contribution is -0.388. The first-order valence-corrected chi connectivity index (χ1v) is 49.3. The number of ether oxygens (including phenoxy) is 19. The van der Waals surface area contributed by atoms with Gasteiger partial charge in [0.15, 0.2) is 33.5 Å². The second-order valence-electron chi connectivity index (χ2n) is 35.1. The number of aliphatic hydroxyl groups is 1. The normalized spacial score (nSPS) is 26.7. The molecule has 0 aromatic heterocycles. The van der Waals surface area contributed by atoms with E-state index in [1.54, 1.807) is 19.2 Å². The van der Waals surface area contributed by atoms with Crippen LogP contribution in [0.15, 0.2) is 332 Å². The molecule has 16 rings (SSSR count). The number of carbonyl (C=O) groups excluding carboxylic acids is 2. The maximum Gasteiger partial charge on any atom is 0.339 e. The molecule has 23 nitrogen and oxygen atoms in total. The predicted molar refractivity (Wildman–Crippen MR) is 500 cm³/mol. The lowest BCUT2D eigenvalue weighted by atomic mass is 9.95. The van der Waals surface area contributed by atoms with Crippen LogP contribution in [0.5, 0.6) is 0 Å². The number of thioether (sulfide) groups is 1. The van der Waals surface area contributed by atoms with Crippen molar-refractivity contribution in [2.45, 2.75) is 225 Å². The van der Waals surface area contributed by atoms with Gasteiger partial charge < -0.3 is 99.5 Å². The molecule has 5 fully saturated rings. The van der Waals surface area contributed by atoms with Crippen molar-refractivity contribution in [3.63, 3.8) is 0 Å². The first-order chi connectivity index (χ1) is 65.0. The molecule has 133 heavy (non-hydrogen) atoms. The third-order valence-corrected chi connectivity index (χ3v) is 30.4. The monoisotopic (exact) mass is 1840 g/mol. The zero-order valence-electron chi connectivity index (χ0n) is 75.6. The van der Waals surface area contributed by atoms with Gasteiger partial charge in [0.05, 0.1) is 77.2 Å². The fourth-order valence-corrected chi connectivity index (χ4v) is 18.7. The molecule has 11 aromatic carbocycles. The summed E-state index contributed by atoms with van der Waals surface area (Å²) in [6, 6.07) is 104. The van der Waals surface area contributed by atoms with E-state index < -0.39 is 162 Å². The van der Waals surface area contributed by atoms with E-state index in [4.69, 9.17) is 94.4 Å². The van der Waals surface area contributed by atoms with Gasteiger partial charge in [-0.25, -0.2) is 9.59 Å². The van der Waals surface area contributed by atoms with Crippen molar-refractivity contribution in [3.05, 3.63) is 389 Å². The molecule has 0 bridgehead atoms. The largest absolute Gasteiger partial charge is 0.459 e. The number of hydrogen-bond donors (Lipinski definition) is 1. The molecule has 11 aromatic rings. The van der Waals surface area contributed by atoms with Crippen LogP contribution in [0.1, 0.15) is 97.8 Å². The molecule has 1 N–H and O–H groups in total. The number of aliphatic hydroxyl groups excluding tert-OH is 1. The summed E-state index contributed by atoms with van der Waals surface area (Å²) in [5.41, 5.74) is 6.47. The third kappa shape index (κ3) is 25.9. The number of rotatable bonds is 41. The van der Waals surface area contributed by atoms with Crippen LogP contribution in [0, 0.1) is 0 Å². The molecule has 5 saturated heterocycles. The van der Waals surface area contributed by atoms with Gasteiger partial charge in [-0.15, -0.1) is 0 Å². The van der Waals surface area contributed by atoms with Gasteiger partial charge in [-0.3, -0.25) is 0 Å². The molecule has 5 heterocycles. The molecule has 25 heteroatoms. The molecule has 0 amide bonds. The van der Waals surface area contributed by atoms with Gasteiger partial charge >= 0.3 is 11.9 Å². The number of benzene rings is 11. The van der Waals surface area contributed by atoms with E-state index in [0.29, 0.717) is 0 Å². The molecule has 698 valence electrons. The Balaban J connectivity index is 0.731. The summed E-state index contributed by atoms with van der Waals surface area (Å²) >= 11 is 1.41. The average molecular weight is 1840 g/mol. The summed E-state index contributed by atoms with van der Waals surface area (Å²) in [5, 5.41) is 12.9. The summed E-state index contributed by atoms with van der Waals surface area (Å²) in [4.78, 5) is 32.0. The molecule has 0 aliphatic carbocycles. The Morgan fingerprint density at radius 1 is 0.353 bits per heavy atom. The van der Waals surface area contributed by atoms with E-state index in [1.807, 2.05) is 303 Å². The van der Waals surface area contributed by atoms with E-state index in [0.717, 1.165) is 55.0 Å². The first kappa shape index (κ1) is 96.3. The fraction of sp³-hybridized carbons (Fsp3) is 0.370. The van der Waals surface area contributed by atoms with Crippen LogP contribution in [-0.4, -0.2) is 181 Å². The van der Waals surface area contributed by atoms with Crippen LogP contribution in [0.2, 0.25) is 18.1 Å². The number of esters is 2. The van der Waals surface area contributed by atoms with E-state index in [2.05, 4.69) is 33.9 Å². The van der Waals surface area contributed by atoms with Crippen LogP contribution in [-0.2, 0) is 147 Å². The van der Waals surface area contributed by atoms with Crippen LogP contribution >= 0.6 is 11.8 Å². The van der Waals surface area contributed by atoms with Gasteiger partial charge in [-0.1, -0.05) is 336 Å². The van der Waals surface area contributed by atoms with Gasteiger partial charge in [0.2, 0.25) is 0 Å². The quantitative estimate of drug-likeness (QED) is 0.0277. The lowest BCUT2D eigenvalue weighted by Gasteiger charge is -2.51. The Morgan fingerprint density at radius 2 is 0.677 bits per heavy atom. The number of carbonyl (C=O) groups is 2. The summed E-state index contributed by atoms with van der Waals surface area (Å²) in [5.74, 6) is -1.88. The van der Waals surface area contributed by atoms with Gasteiger partial charge in [-0.05, 0) is 86.9 Å². The Labute approximate surface area is 783 Å². The van der Waals surface area contributed by atoms with E-state index in [1.165, 1.54) is 23.9 Å². The topological polar surface area (TPSA) is 239 Å². The Bertz CT molecular complexity index is 5290. The van der Waals surface area contributed by atoms with Crippen LogP contribution < -0.4 is 0 Å². The molecule has 1 unspecified atom stereocenters. The fourth-order valence-electron chi connectivity index (χ4n) is 16.6. The van der Waals surface area contributed by atoms with Crippen LogP contribution in [0.3, 0.4) is 0 Å².